The summed E-state index contributed by atoms with van der Waals surface area (Å²) in [6.07, 6.45) is 0. The van der Waals surface area contributed by atoms with Gasteiger partial charge in [0.1, 0.15) is 16.4 Å². The van der Waals surface area contributed by atoms with Gasteiger partial charge in [-0.05, 0) is 36.4 Å². The van der Waals surface area contributed by atoms with Crippen LogP contribution in [0.5, 0.6) is 5.75 Å². The first-order valence-electron chi connectivity index (χ1n) is 9.69. The molecule has 0 spiro atoms. The smallest absolute Gasteiger partial charge is 0.264 e. The van der Waals surface area contributed by atoms with E-state index in [2.05, 4.69) is 31.5 Å². The second-order valence-corrected chi connectivity index (χ2v) is 8.59. The Bertz CT molecular complexity index is 1210. The van der Waals surface area contributed by atoms with Gasteiger partial charge in [-0.2, -0.15) is 0 Å². The minimum atomic E-state index is -0.345. The number of thiazole rings is 1. The van der Waals surface area contributed by atoms with Gasteiger partial charge >= 0.3 is 0 Å². The Hall–Kier alpha value is -3.49. The molecule has 0 fully saturated rings. The maximum absolute atomic E-state index is 12.7. The van der Waals surface area contributed by atoms with Gasteiger partial charge < -0.3 is 10.1 Å². The minimum absolute atomic E-state index is 0.159. The van der Waals surface area contributed by atoms with Crippen molar-refractivity contribution < 1.29 is 14.3 Å². The summed E-state index contributed by atoms with van der Waals surface area (Å²) in [5.41, 5.74) is 1.95. The molecule has 4 rings (SSSR count). The van der Waals surface area contributed by atoms with Gasteiger partial charge in [-0.15, -0.1) is 0 Å². The zero-order valence-electron chi connectivity index (χ0n) is 16.7. The van der Waals surface area contributed by atoms with E-state index in [9.17, 15) is 9.59 Å². The molecule has 0 saturated carbocycles. The molecule has 2 amide bonds. The quantitative estimate of drug-likeness (QED) is 0.329. The van der Waals surface area contributed by atoms with Gasteiger partial charge in [-0.3, -0.25) is 14.9 Å². The molecule has 0 bridgehead atoms. The summed E-state index contributed by atoms with van der Waals surface area (Å²) in [5, 5.41) is 6.58. The molecule has 0 atom stereocenters. The maximum atomic E-state index is 12.7. The van der Waals surface area contributed by atoms with E-state index in [-0.39, 0.29) is 18.4 Å². The Balaban J connectivity index is 1.50. The molecular weight excluding hydrogens is 490 g/mol. The molecule has 1 heterocycles. The summed E-state index contributed by atoms with van der Waals surface area (Å²) < 4.78 is 6.44. The number of nitrogens with one attached hydrogen (secondary N) is 2. The first-order valence-corrected chi connectivity index (χ1v) is 11.3. The van der Waals surface area contributed by atoms with Crippen LogP contribution in [0, 0.1) is 0 Å². The van der Waals surface area contributed by atoms with Crippen molar-refractivity contribution >= 4 is 49.2 Å². The summed E-state index contributed by atoms with van der Waals surface area (Å²) in [6, 6.07) is 25.6. The second-order valence-electron chi connectivity index (χ2n) is 6.67. The molecule has 2 N–H and O–H groups in total. The third-order valence-electron chi connectivity index (χ3n) is 4.37. The fourth-order valence-corrected chi connectivity index (χ4v) is 4.01. The summed E-state index contributed by atoms with van der Waals surface area (Å²) in [5.74, 6) is -0.00614. The molecule has 0 aliphatic carbocycles. The van der Waals surface area contributed by atoms with Crippen LogP contribution in [0.15, 0.2) is 89.4 Å². The van der Waals surface area contributed by atoms with Crippen LogP contribution in [0.3, 0.4) is 0 Å². The van der Waals surface area contributed by atoms with Gasteiger partial charge in [-0.25, -0.2) is 4.98 Å². The third kappa shape index (κ3) is 5.60. The molecule has 0 aliphatic rings. The van der Waals surface area contributed by atoms with Gasteiger partial charge in [0.25, 0.3) is 11.8 Å². The monoisotopic (exact) mass is 507 g/mol. The number of carbonyl (C=O) groups is 2. The van der Waals surface area contributed by atoms with E-state index in [0.717, 1.165) is 10.0 Å². The predicted octanol–water partition coefficient (Wildman–Crippen LogP) is 5.84. The molecule has 0 radical (unpaired) electrons. The highest BCUT2D eigenvalue weighted by Crippen LogP contribution is 2.36. The average molecular weight is 508 g/mol. The van der Waals surface area contributed by atoms with E-state index in [4.69, 9.17) is 4.74 Å². The second kappa shape index (κ2) is 10.2. The van der Waals surface area contributed by atoms with Gasteiger partial charge in [0.15, 0.2) is 11.7 Å². The van der Waals surface area contributed by atoms with Crippen molar-refractivity contribution in [2.75, 3.05) is 17.2 Å². The van der Waals surface area contributed by atoms with Crippen molar-refractivity contribution in [3.63, 3.8) is 0 Å². The number of hydrogen-bond donors (Lipinski definition) is 2. The number of benzene rings is 3. The Kier molecular flexibility index (Phi) is 6.94. The van der Waals surface area contributed by atoms with E-state index >= 15 is 0 Å². The van der Waals surface area contributed by atoms with Crippen LogP contribution in [0.1, 0.15) is 10.4 Å². The van der Waals surface area contributed by atoms with Crippen molar-refractivity contribution in [3.8, 4) is 17.0 Å². The minimum Gasteiger partial charge on any atom is -0.484 e. The zero-order chi connectivity index (χ0) is 22.3. The lowest BCUT2D eigenvalue weighted by Gasteiger charge is -2.05. The fraction of sp³-hybridized carbons (Fsp3) is 0.0417. The maximum Gasteiger partial charge on any atom is 0.264 e. The van der Waals surface area contributed by atoms with Crippen molar-refractivity contribution in [2.45, 2.75) is 0 Å². The lowest BCUT2D eigenvalue weighted by atomic mass is 10.1. The lowest BCUT2D eigenvalue weighted by Crippen LogP contribution is -2.20. The SMILES string of the molecule is O=C(COc1ccc(Br)cc1)Nc1nc(-c2ccccc2)c(NC(=O)c2ccccc2)s1. The van der Waals surface area contributed by atoms with Crippen molar-refractivity contribution in [1.29, 1.82) is 0 Å². The highest BCUT2D eigenvalue weighted by Gasteiger charge is 2.18. The van der Waals surface area contributed by atoms with Gasteiger partial charge in [0.05, 0.1) is 0 Å². The zero-order valence-corrected chi connectivity index (χ0v) is 19.2. The first kappa shape index (κ1) is 21.7. The molecule has 4 aromatic rings. The summed E-state index contributed by atoms with van der Waals surface area (Å²) in [7, 11) is 0. The normalized spacial score (nSPS) is 10.4. The Morgan fingerprint density at radius 1 is 0.875 bits per heavy atom. The molecule has 32 heavy (non-hydrogen) atoms. The number of rotatable bonds is 7. The van der Waals surface area contributed by atoms with Crippen LogP contribution in [0.25, 0.3) is 11.3 Å². The van der Waals surface area contributed by atoms with Crippen molar-refractivity contribution in [3.05, 3.63) is 95.0 Å². The number of halogens is 1. The number of hydrogen-bond acceptors (Lipinski definition) is 5. The first-order chi connectivity index (χ1) is 15.6. The molecule has 0 unspecified atom stereocenters. The fourth-order valence-electron chi connectivity index (χ4n) is 2.85. The van der Waals surface area contributed by atoms with Crippen LogP contribution >= 0.6 is 27.3 Å². The van der Waals surface area contributed by atoms with Crippen LogP contribution in [0.2, 0.25) is 0 Å². The Morgan fingerprint density at radius 2 is 1.53 bits per heavy atom. The number of aromatic nitrogens is 1. The number of amides is 2. The van der Waals surface area contributed by atoms with Crippen LogP contribution in [0.4, 0.5) is 10.1 Å². The van der Waals surface area contributed by atoms with Gasteiger partial charge in [-0.1, -0.05) is 75.8 Å². The standard InChI is InChI=1S/C24H18BrN3O3S/c25-18-11-13-19(14-12-18)31-15-20(29)26-24-27-21(16-7-3-1-4-8-16)23(32-24)28-22(30)17-9-5-2-6-10-17/h1-14H,15H2,(H,28,30)(H,26,27,29). The van der Waals surface area contributed by atoms with Crippen molar-refractivity contribution in [2.24, 2.45) is 0 Å². The van der Waals surface area contributed by atoms with E-state index in [1.165, 1.54) is 11.3 Å². The Morgan fingerprint density at radius 3 is 2.22 bits per heavy atom. The van der Waals surface area contributed by atoms with E-state index in [1.807, 2.05) is 48.5 Å². The number of ether oxygens (including phenoxy) is 1. The summed E-state index contributed by atoms with van der Waals surface area (Å²) in [6.45, 7) is -0.159. The molecule has 0 saturated heterocycles. The molecular formula is C24H18BrN3O3S. The number of anilines is 2. The molecule has 3 aromatic carbocycles. The highest BCUT2D eigenvalue weighted by atomic mass is 79.9. The van der Waals surface area contributed by atoms with Crippen LogP contribution < -0.4 is 15.4 Å². The van der Waals surface area contributed by atoms with Gasteiger partial charge in [0, 0.05) is 15.6 Å². The average Bonchev–Trinajstić information content (AvgIpc) is 3.21. The van der Waals surface area contributed by atoms with E-state index < -0.39 is 0 Å². The van der Waals surface area contributed by atoms with Crippen LogP contribution in [-0.2, 0) is 4.79 Å². The Labute approximate surface area is 197 Å². The highest BCUT2D eigenvalue weighted by molar-refractivity contribution is 9.10. The largest absolute Gasteiger partial charge is 0.484 e. The topological polar surface area (TPSA) is 80.3 Å². The number of carbonyl (C=O) groups excluding carboxylic acids is 2. The van der Waals surface area contributed by atoms with Gasteiger partial charge in [0.2, 0.25) is 0 Å². The predicted molar refractivity (Wildman–Crippen MR) is 130 cm³/mol. The molecule has 6 nitrogen and oxygen atoms in total. The molecule has 0 aliphatic heterocycles. The van der Waals surface area contributed by atoms with Crippen LogP contribution in [-0.4, -0.2) is 23.4 Å². The van der Waals surface area contributed by atoms with E-state index in [1.54, 1.807) is 36.4 Å². The summed E-state index contributed by atoms with van der Waals surface area (Å²) in [4.78, 5) is 29.6. The third-order valence-corrected chi connectivity index (χ3v) is 5.78. The molecule has 160 valence electrons. The van der Waals surface area contributed by atoms with Crippen molar-refractivity contribution in [1.82, 2.24) is 4.98 Å². The number of nitrogens with zero attached hydrogens (tertiary/aromatic N) is 1. The molecule has 8 heteroatoms. The lowest BCUT2D eigenvalue weighted by molar-refractivity contribution is -0.118. The molecule has 1 aromatic heterocycles. The summed E-state index contributed by atoms with van der Waals surface area (Å²) >= 11 is 4.55. The van der Waals surface area contributed by atoms with E-state index in [0.29, 0.717) is 27.1 Å².